The molecule has 0 unspecified atom stereocenters. The van der Waals surface area contributed by atoms with Gasteiger partial charge in [-0.2, -0.15) is 0 Å². The highest BCUT2D eigenvalue weighted by Gasteiger charge is 2.26. The number of primary amides is 1. The van der Waals surface area contributed by atoms with E-state index in [9.17, 15) is 19.2 Å². The number of amides is 4. The highest BCUT2D eigenvalue weighted by Crippen LogP contribution is 2.05. The summed E-state index contributed by atoms with van der Waals surface area (Å²) < 4.78 is 0. The minimum Gasteiger partial charge on any atom is -0.396 e. The van der Waals surface area contributed by atoms with Crippen LogP contribution in [0.4, 0.5) is 0 Å². The largest absolute Gasteiger partial charge is 0.396 e. The second-order valence-electron chi connectivity index (χ2n) is 7.40. The minimum absolute atomic E-state index is 0.127. The SMILES string of the molecule is CC(C)C[C@@H](NC(=O)[C@H](C)NC(=O)[C@H](CCCNC(=N)N)NC(=O)CCO)C(N)=O. The molecular weight excluding hydrogens is 394 g/mol. The lowest BCUT2D eigenvalue weighted by atomic mass is 10.0. The fourth-order valence-electron chi connectivity index (χ4n) is 2.56. The lowest BCUT2D eigenvalue weighted by Crippen LogP contribution is -2.55. The van der Waals surface area contributed by atoms with Crippen molar-refractivity contribution >= 4 is 29.6 Å². The number of aliphatic hydroxyl groups is 1. The number of hydrogen-bond acceptors (Lipinski definition) is 6. The fraction of sp³-hybridized carbons (Fsp3) is 0.722. The van der Waals surface area contributed by atoms with Gasteiger partial charge >= 0.3 is 0 Å². The Bertz CT molecular complexity index is 612. The van der Waals surface area contributed by atoms with Gasteiger partial charge in [-0.15, -0.1) is 0 Å². The first-order valence-corrected chi connectivity index (χ1v) is 9.86. The summed E-state index contributed by atoms with van der Waals surface area (Å²) in [6.45, 7) is 5.17. The Morgan fingerprint density at radius 2 is 1.60 bits per heavy atom. The van der Waals surface area contributed by atoms with Crippen molar-refractivity contribution < 1.29 is 24.3 Å². The van der Waals surface area contributed by atoms with E-state index >= 15 is 0 Å². The van der Waals surface area contributed by atoms with Crippen molar-refractivity contribution in [2.75, 3.05) is 13.2 Å². The molecule has 0 bridgehead atoms. The molecule has 0 heterocycles. The standard InChI is InChI=1S/C18H35N7O5/c1-10(2)9-13(15(19)28)25-16(29)11(3)23-17(30)12(24-14(27)6-8-26)5-4-7-22-18(20)21/h10-13,26H,4-9H2,1-3H3,(H2,19,28)(H,23,30)(H,24,27)(H,25,29)(H4,20,21,22)/t11-,12-,13+/m0/s1. The van der Waals surface area contributed by atoms with Gasteiger partial charge in [0, 0.05) is 13.0 Å². The average molecular weight is 430 g/mol. The monoisotopic (exact) mass is 429 g/mol. The first-order chi connectivity index (χ1) is 14.0. The molecule has 3 atom stereocenters. The van der Waals surface area contributed by atoms with Crippen molar-refractivity contribution in [3.05, 3.63) is 0 Å². The van der Waals surface area contributed by atoms with E-state index in [4.69, 9.17) is 22.0 Å². The summed E-state index contributed by atoms with van der Waals surface area (Å²) in [6, 6.07) is -2.77. The topological polar surface area (TPSA) is 213 Å². The molecule has 10 N–H and O–H groups in total. The van der Waals surface area contributed by atoms with Gasteiger partial charge in [0.05, 0.1) is 6.61 Å². The van der Waals surface area contributed by atoms with Crippen LogP contribution < -0.4 is 32.7 Å². The number of nitrogens with one attached hydrogen (secondary N) is 5. The summed E-state index contributed by atoms with van der Waals surface area (Å²) in [7, 11) is 0. The molecule has 172 valence electrons. The van der Waals surface area contributed by atoms with Gasteiger partial charge in [0.1, 0.15) is 18.1 Å². The molecule has 0 rings (SSSR count). The van der Waals surface area contributed by atoms with E-state index in [1.807, 2.05) is 13.8 Å². The average Bonchev–Trinajstić information content (AvgIpc) is 2.62. The Balaban J connectivity index is 4.93. The van der Waals surface area contributed by atoms with Crippen molar-refractivity contribution in [2.45, 2.75) is 64.6 Å². The normalized spacial score (nSPS) is 13.6. The molecule has 0 radical (unpaired) electrons. The van der Waals surface area contributed by atoms with Gasteiger partial charge in [0.25, 0.3) is 0 Å². The van der Waals surface area contributed by atoms with Crippen LogP contribution in [0.15, 0.2) is 0 Å². The minimum atomic E-state index is -0.973. The maximum absolute atomic E-state index is 12.6. The van der Waals surface area contributed by atoms with Gasteiger partial charge in [-0.05, 0) is 32.1 Å². The molecule has 0 fully saturated rings. The Morgan fingerprint density at radius 3 is 2.10 bits per heavy atom. The number of carbonyl (C=O) groups excluding carboxylic acids is 4. The third-order valence-electron chi connectivity index (χ3n) is 4.09. The van der Waals surface area contributed by atoms with Crippen molar-refractivity contribution in [3.63, 3.8) is 0 Å². The summed E-state index contributed by atoms with van der Waals surface area (Å²) >= 11 is 0. The van der Waals surface area contributed by atoms with Crippen molar-refractivity contribution in [1.82, 2.24) is 21.3 Å². The molecule has 0 saturated heterocycles. The van der Waals surface area contributed by atoms with E-state index in [-0.39, 0.29) is 31.3 Å². The molecule has 0 aliphatic heterocycles. The lowest BCUT2D eigenvalue weighted by molar-refractivity contribution is -0.133. The van der Waals surface area contributed by atoms with E-state index in [1.165, 1.54) is 6.92 Å². The molecule has 0 aromatic carbocycles. The summed E-state index contributed by atoms with van der Waals surface area (Å²) in [5.41, 5.74) is 10.5. The predicted molar refractivity (Wildman–Crippen MR) is 111 cm³/mol. The smallest absolute Gasteiger partial charge is 0.243 e. The van der Waals surface area contributed by atoms with Crippen LogP contribution in [0.2, 0.25) is 0 Å². The van der Waals surface area contributed by atoms with Crippen LogP contribution in [0.1, 0.15) is 46.5 Å². The van der Waals surface area contributed by atoms with Gasteiger partial charge in [-0.3, -0.25) is 24.6 Å². The second-order valence-corrected chi connectivity index (χ2v) is 7.40. The molecule has 0 aliphatic carbocycles. The molecule has 0 aliphatic rings. The summed E-state index contributed by atoms with van der Waals surface area (Å²) in [5, 5.41) is 26.1. The van der Waals surface area contributed by atoms with Gasteiger partial charge in [0.15, 0.2) is 5.96 Å². The molecule has 30 heavy (non-hydrogen) atoms. The number of guanidine groups is 1. The van der Waals surface area contributed by atoms with E-state index in [0.29, 0.717) is 19.4 Å². The lowest BCUT2D eigenvalue weighted by Gasteiger charge is -2.23. The molecule has 0 saturated carbocycles. The Kier molecular flexibility index (Phi) is 12.8. The molecule has 0 aromatic rings. The molecule has 0 spiro atoms. The fourth-order valence-corrected chi connectivity index (χ4v) is 2.56. The Labute approximate surface area is 176 Å². The van der Waals surface area contributed by atoms with E-state index in [1.54, 1.807) is 0 Å². The zero-order chi connectivity index (χ0) is 23.3. The van der Waals surface area contributed by atoms with Crippen LogP contribution in [0, 0.1) is 11.3 Å². The first-order valence-electron chi connectivity index (χ1n) is 9.86. The highest BCUT2D eigenvalue weighted by molar-refractivity contribution is 5.93. The van der Waals surface area contributed by atoms with Gasteiger partial charge in [0.2, 0.25) is 23.6 Å². The van der Waals surface area contributed by atoms with Crippen LogP contribution in [-0.2, 0) is 19.2 Å². The van der Waals surface area contributed by atoms with Gasteiger partial charge in [-0.1, -0.05) is 13.8 Å². The third kappa shape index (κ3) is 11.8. The van der Waals surface area contributed by atoms with Crippen molar-refractivity contribution in [2.24, 2.45) is 17.4 Å². The van der Waals surface area contributed by atoms with Gasteiger partial charge in [-0.25, -0.2) is 0 Å². The molecule has 4 amide bonds. The van der Waals surface area contributed by atoms with Gasteiger partial charge < -0.3 is 37.8 Å². The van der Waals surface area contributed by atoms with Crippen LogP contribution in [0.25, 0.3) is 0 Å². The second kappa shape index (κ2) is 14.1. The summed E-state index contributed by atoms with van der Waals surface area (Å²) in [6.07, 6.45) is 0.830. The predicted octanol–water partition coefficient (Wildman–Crippen LogP) is -2.36. The van der Waals surface area contributed by atoms with Crippen LogP contribution in [0.3, 0.4) is 0 Å². The summed E-state index contributed by atoms with van der Waals surface area (Å²) in [4.78, 5) is 48.2. The first kappa shape index (κ1) is 27.1. The van der Waals surface area contributed by atoms with E-state index < -0.39 is 41.8 Å². The van der Waals surface area contributed by atoms with Crippen LogP contribution >= 0.6 is 0 Å². The molecule has 12 heteroatoms. The Morgan fingerprint density at radius 1 is 0.967 bits per heavy atom. The van der Waals surface area contributed by atoms with Crippen LogP contribution in [-0.4, -0.2) is 66.0 Å². The molecule has 0 aromatic heterocycles. The third-order valence-corrected chi connectivity index (χ3v) is 4.09. The number of hydrogen-bond donors (Lipinski definition) is 8. The number of carbonyl (C=O) groups is 4. The van der Waals surface area contributed by atoms with E-state index in [0.717, 1.165) is 0 Å². The van der Waals surface area contributed by atoms with Crippen molar-refractivity contribution in [1.29, 1.82) is 5.41 Å². The quantitative estimate of drug-likeness (QED) is 0.0853. The zero-order valence-electron chi connectivity index (χ0n) is 17.8. The Hall–Kier alpha value is -2.89. The number of nitrogens with two attached hydrogens (primary N) is 2. The van der Waals surface area contributed by atoms with Crippen LogP contribution in [0.5, 0.6) is 0 Å². The zero-order valence-corrected chi connectivity index (χ0v) is 17.8. The number of rotatable bonds is 14. The summed E-state index contributed by atoms with van der Waals surface area (Å²) in [5.74, 6) is -2.43. The maximum Gasteiger partial charge on any atom is 0.243 e. The maximum atomic E-state index is 12.6. The van der Waals surface area contributed by atoms with E-state index in [2.05, 4.69) is 21.3 Å². The highest BCUT2D eigenvalue weighted by atomic mass is 16.3. The molecule has 12 nitrogen and oxygen atoms in total. The number of aliphatic hydroxyl groups excluding tert-OH is 1. The molecular formula is C18H35N7O5. The van der Waals surface area contributed by atoms with Crippen molar-refractivity contribution in [3.8, 4) is 0 Å².